The quantitative estimate of drug-likeness (QED) is 0.700. The van der Waals surface area contributed by atoms with Crippen LogP contribution in [0.3, 0.4) is 0 Å². The van der Waals surface area contributed by atoms with E-state index >= 15 is 0 Å². The predicted molar refractivity (Wildman–Crippen MR) is 86.4 cm³/mol. The summed E-state index contributed by atoms with van der Waals surface area (Å²) in [6.07, 6.45) is 6.72. The van der Waals surface area contributed by atoms with Crippen LogP contribution in [0.25, 0.3) is 0 Å². The van der Waals surface area contributed by atoms with E-state index < -0.39 is 0 Å². The highest BCUT2D eigenvalue weighted by atomic mass is 16.3. The van der Waals surface area contributed by atoms with Crippen LogP contribution >= 0.6 is 0 Å². The van der Waals surface area contributed by atoms with Gasteiger partial charge in [0.1, 0.15) is 5.75 Å². The van der Waals surface area contributed by atoms with E-state index in [0.717, 1.165) is 29.6 Å². The number of hydrogen-bond acceptors (Lipinski definition) is 1. The Morgan fingerprint density at radius 1 is 1.10 bits per heavy atom. The van der Waals surface area contributed by atoms with Gasteiger partial charge in [-0.3, -0.25) is 0 Å². The van der Waals surface area contributed by atoms with Crippen molar-refractivity contribution < 1.29 is 5.11 Å². The van der Waals surface area contributed by atoms with Gasteiger partial charge in [-0.1, -0.05) is 26.8 Å². The van der Waals surface area contributed by atoms with Gasteiger partial charge in [0.2, 0.25) is 0 Å². The van der Waals surface area contributed by atoms with Gasteiger partial charge in [-0.15, -0.1) is 0 Å². The minimum Gasteiger partial charge on any atom is -0.508 e. The number of aryl methyl sites for hydroxylation is 1. The van der Waals surface area contributed by atoms with Crippen molar-refractivity contribution in [3.05, 3.63) is 29.3 Å². The lowest BCUT2D eigenvalue weighted by atomic mass is 9.50. The summed E-state index contributed by atoms with van der Waals surface area (Å²) in [5.41, 5.74) is 3.53. The van der Waals surface area contributed by atoms with Crippen LogP contribution in [0, 0.1) is 29.1 Å². The molecule has 3 aliphatic carbocycles. The van der Waals surface area contributed by atoms with Gasteiger partial charge in [-0.05, 0) is 90.4 Å². The fourth-order valence-corrected chi connectivity index (χ4v) is 6.29. The van der Waals surface area contributed by atoms with Crippen molar-refractivity contribution in [2.75, 3.05) is 0 Å². The zero-order valence-electron chi connectivity index (χ0n) is 13.6. The molecule has 2 fully saturated rings. The van der Waals surface area contributed by atoms with Crippen LogP contribution in [0.5, 0.6) is 5.75 Å². The van der Waals surface area contributed by atoms with Gasteiger partial charge in [-0.2, -0.15) is 0 Å². The van der Waals surface area contributed by atoms with Crippen molar-refractivity contribution in [2.24, 2.45) is 29.1 Å². The van der Waals surface area contributed by atoms with Gasteiger partial charge in [0.25, 0.3) is 0 Å². The van der Waals surface area contributed by atoms with Crippen LogP contribution in [-0.4, -0.2) is 5.11 Å². The molecule has 1 aromatic carbocycles. The van der Waals surface area contributed by atoms with Gasteiger partial charge in [0, 0.05) is 0 Å². The Labute approximate surface area is 128 Å². The van der Waals surface area contributed by atoms with Crippen LogP contribution in [-0.2, 0) is 6.42 Å². The first-order valence-corrected chi connectivity index (χ1v) is 8.83. The van der Waals surface area contributed by atoms with E-state index in [1.54, 1.807) is 5.56 Å². The molecule has 1 N–H and O–H groups in total. The Balaban J connectivity index is 1.75. The van der Waals surface area contributed by atoms with Gasteiger partial charge in [0.15, 0.2) is 0 Å². The third-order valence-corrected chi connectivity index (χ3v) is 7.75. The van der Waals surface area contributed by atoms with E-state index in [4.69, 9.17) is 0 Å². The first kappa shape index (κ1) is 13.7. The molecule has 0 amide bonds. The van der Waals surface area contributed by atoms with Crippen molar-refractivity contribution in [1.29, 1.82) is 0 Å². The summed E-state index contributed by atoms with van der Waals surface area (Å²) >= 11 is 0. The maximum Gasteiger partial charge on any atom is 0.115 e. The molecule has 6 atom stereocenters. The molecule has 1 nitrogen and oxygen atoms in total. The number of phenols is 1. The summed E-state index contributed by atoms with van der Waals surface area (Å²) in [6, 6.07) is 6.13. The lowest BCUT2D eigenvalue weighted by Crippen LogP contribution is -2.46. The Kier molecular flexibility index (Phi) is 2.93. The molecule has 0 radical (unpaired) electrons. The standard InChI is InChI=1S/C20H28O/c1-12-4-9-19-17-7-5-14-11-15(21)6-8-16(14)18(17)10-13(2)20(12,19)3/h6,8,11-13,17-19,21H,4-5,7,9-10H2,1-3H3/t12?,13?,17?,18?,19?,20-/m0/s1. The largest absolute Gasteiger partial charge is 0.508 e. The van der Waals surface area contributed by atoms with Crippen molar-refractivity contribution in [2.45, 2.75) is 58.8 Å². The highest BCUT2D eigenvalue weighted by Crippen LogP contribution is 2.64. The number of aromatic hydroxyl groups is 1. The summed E-state index contributed by atoms with van der Waals surface area (Å²) in [7, 11) is 0. The van der Waals surface area contributed by atoms with Crippen LogP contribution in [0.1, 0.15) is 63.5 Å². The molecule has 5 unspecified atom stereocenters. The highest BCUT2D eigenvalue weighted by Gasteiger charge is 2.56. The third-order valence-electron chi connectivity index (χ3n) is 7.75. The van der Waals surface area contributed by atoms with E-state index in [-0.39, 0.29) is 0 Å². The lowest BCUT2D eigenvalue weighted by molar-refractivity contribution is -0.0174. The number of phenolic OH excluding ortho intramolecular Hbond substituents is 1. The van der Waals surface area contributed by atoms with Crippen molar-refractivity contribution in [1.82, 2.24) is 0 Å². The average Bonchev–Trinajstić information content (AvgIpc) is 2.77. The molecule has 3 aliphatic rings. The van der Waals surface area contributed by atoms with Crippen LogP contribution < -0.4 is 0 Å². The molecule has 0 saturated heterocycles. The number of fused-ring (bicyclic) bond motifs is 5. The molecular formula is C20H28O. The van der Waals surface area contributed by atoms with E-state index in [1.807, 2.05) is 12.1 Å². The van der Waals surface area contributed by atoms with Crippen molar-refractivity contribution in [3.8, 4) is 5.75 Å². The van der Waals surface area contributed by atoms with E-state index in [1.165, 1.54) is 37.7 Å². The number of hydrogen-bond donors (Lipinski definition) is 1. The fraction of sp³-hybridized carbons (Fsp3) is 0.700. The molecule has 1 heteroatoms. The smallest absolute Gasteiger partial charge is 0.115 e. The third kappa shape index (κ3) is 1.76. The molecule has 0 heterocycles. The normalized spacial score (nSPS) is 44.8. The number of rotatable bonds is 0. The highest BCUT2D eigenvalue weighted by molar-refractivity contribution is 5.40. The molecule has 1 aromatic rings. The Morgan fingerprint density at radius 2 is 1.90 bits per heavy atom. The number of benzene rings is 1. The zero-order valence-corrected chi connectivity index (χ0v) is 13.6. The molecule has 0 aromatic heterocycles. The summed E-state index contributed by atoms with van der Waals surface area (Å²) in [4.78, 5) is 0. The lowest BCUT2D eigenvalue weighted by Gasteiger charge is -2.54. The van der Waals surface area contributed by atoms with Gasteiger partial charge >= 0.3 is 0 Å². The maximum absolute atomic E-state index is 9.76. The first-order chi connectivity index (χ1) is 10.0. The summed E-state index contributed by atoms with van der Waals surface area (Å²) in [5, 5.41) is 9.76. The molecule has 21 heavy (non-hydrogen) atoms. The molecule has 0 bridgehead atoms. The molecule has 2 saturated carbocycles. The zero-order chi connectivity index (χ0) is 14.8. The van der Waals surface area contributed by atoms with E-state index in [2.05, 4.69) is 26.8 Å². The second-order valence-electron chi connectivity index (χ2n) is 8.28. The van der Waals surface area contributed by atoms with Crippen LogP contribution in [0.4, 0.5) is 0 Å². The fourth-order valence-electron chi connectivity index (χ4n) is 6.29. The molecule has 0 spiro atoms. The summed E-state index contributed by atoms with van der Waals surface area (Å²) in [6.45, 7) is 7.58. The monoisotopic (exact) mass is 284 g/mol. The van der Waals surface area contributed by atoms with Crippen molar-refractivity contribution in [3.63, 3.8) is 0 Å². The SMILES string of the molecule is CC1CCC2C3CCc4cc(O)ccc4C3CC(C)[C@]12C. The van der Waals surface area contributed by atoms with E-state index in [0.29, 0.717) is 11.2 Å². The minimum absolute atomic E-state index is 0.440. The Hall–Kier alpha value is -0.980. The molecule has 4 rings (SSSR count). The molecule has 0 aliphatic heterocycles. The summed E-state index contributed by atoms with van der Waals surface area (Å²) in [5.74, 6) is 4.69. The average molecular weight is 284 g/mol. The van der Waals surface area contributed by atoms with Gasteiger partial charge < -0.3 is 5.11 Å². The van der Waals surface area contributed by atoms with Gasteiger partial charge in [0.05, 0.1) is 0 Å². The van der Waals surface area contributed by atoms with Crippen molar-refractivity contribution >= 4 is 0 Å². The first-order valence-electron chi connectivity index (χ1n) is 8.83. The van der Waals surface area contributed by atoms with E-state index in [9.17, 15) is 5.11 Å². The van der Waals surface area contributed by atoms with Crippen LogP contribution in [0.2, 0.25) is 0 Å². The van der Waals surface area contributed by atoms with Gasteiger partial charge in [-0.25, -0.2) is 0 Å². The maximum atomic E-state index is 9.76. The predicted octanol–water partition coefficient (Wildman–Crippen LogP) is 5.13. The second-order valence-corrected chi connectivity index (χ2v) is 8.28. The second kappa shape index (κ2) is 4.51. The Bertz CT molecular complexity index is 563. The molecular weight excluding hydrogens is 256 g/mol. The minimum atomic E-state index is 0.440. The Morgan fingerprint density at radius 3 is 2.71 bits per heavy atom. The molecule has 114 valence electrons. The topological polar surface area (TPSA) is 20.2 Å². The summed E-state index contributed by atoms with van der Waals surface area (Å²) < 4.78 is 0. The van der Waals surface area contributed by atoms with Crippen LogP contribution in [0.15, 0.2) is 18.2 Å².